The first-order chi connectivity index (χ1) is 7.57. The van der Waals surface area contributed by atoms with E-state index in [2.05, 4.69) is 44.2 Å². The molecule has 16 heavy (non-hydrogen) atoms. The molecule has 0 aromatic heterocycles. The number of hydrogen-bond donors (Lipinski definition) is 0. The Morgan fingerprint density at radius 2 is 2.12 bits per heavy atom. The van der Waals surface area contributed by atoms with Crippen molar-refractivity contribution < 1.29 is 4.79 Å². The fourth-order valence-electron chi connectivity index (χ4n) is 2.41. The molecule has 0 aliphatic heterocycles. The van der Waals surface area contributed by atoms with Gasteiger partial charge in [0.2, 0.25) is 0 Å². The van der Waals surface area contributed by atoms with Crippen molar-refractivity contribution in [3.8, 4) is 0 Å². The van der Waals surface area contributed by atoms with E-state index in [1.165, 1.54) is 5.57 Å². The van der Waals surface area contributed by atoms with Crippen LogP contribution < -0.4 is 0 Å². The Morgan fingerprint density at radius 3 is 2.88 bits per heavy atom. The summed E-state index contributed by atoms with van der Waals surface area (Å²) in [6, 6.07) is 0. The summed E-state index contributed by atoms with van der Waals surface area (Å²) in [4.78, 5) is 11.5. The van der Waals surface area contributed by atoms with Gasteiger partial charge in [0.25, 0.3) is 0 Å². The minimum atomic E-state index is 0.136. The van der Waals surface area contributed by atoms with Crippen LogP contribution in [0.2, 0.25) is 0 Å². The maximum absolute atomic E-state index is 11.5. The number of hydrogen-bond acceptors (Lipinski definition) is 1. The molecule has 0 saturated heterocycles. The predicted molar refractivity (Wildman–Crippen MR) is 67.1 cm³/mol. The maximum Gasteiger partial charge on any atom is 0.133 e. The minimum Gasteiger partial charge on any atom is -0.300 e. The van der Waals surface area contributed by atoms with E-state index in [1.54, 1.807) is 0 Å². The molecule has 0 aromatic carbocycles. The van der Waals surface area contributed by atoms with Crippen LogP contribution in [0.3, 0.4) is 0 Å². The molecule has 1 nitrogen and oxygen atoms in total. The van der Waals surface area contributed by atoms with Gasteiger partial charge in [0.05, 0.1) is 0 Å². The van der Waals surface area contributed by atoms with Gasteiger partial charge in [-0.3, -0.25) is 4.79 Å². The van der Waals surface area contributed by atoms with E-state index < -0.39 is 0 Å². The Balaban J connectivity index is 2.13. The van der Waals surface area contributed by atoms with Gasteiger partial charge in [0.1, 0.15) is 5.78 Å². The third kappa shape index (κ3) is 2.72. The fourth-order valence-corrected chi connectivity index (χ4v) is 2.41. The summed E-state index contributed by atoms with van der Waals surface area (Å²) in [6.07, 6.45) is 14.7. The molecular weight excluding hydrogens is 196 g/mol. The number of Topliss-reactive ketones (excluding diaryl/α,β-unsaturated/α-hetero) is 1. The van der Waals surface area contributed by atoms with Gasteiger partial charge < -0.3 is 0 Å². The van der Waals surface area contributed by atoms with Gasteiger partial charge in [-0.25, -0.2) is 0 Å². The summed E-state index contributed by atoms with van der Waals surface area (Å²) in [5.41, 5.74) is 1.46. The number of rotatable bonds is 1. The van der Waals surface area contributed by atoms with E-state index in [9.17, 15) is 4.79 Å². The first-order valence-electron chi connectivity index (χ1n) is 6.17. The minimum absolute atomic E-state index is 0.136. The Morgan fingerprint density at radius 1 is 1.31 bits per heavy atom. The zero-order valence-corrected chi connectivity index (χ0v) is 10.2. The van der Waals surface area contributed by atoms with Crippen LogP contribution in [0, 0.1) is 11.3 Å². The summed E-state index contributed by atoms with van der Waals surface area (Å²) in [5.74, 6) is 0.883. The average molecular weight is 216 g/mol. The molecule has 1 atom stereocenters. The van der Waals surface area contributed by atoms with Crippen molar-refractivity contribution >= 4 is 5.78 Å². The van der Waals surface area contributed by atoms with Crippen molar-refractivity contribution in [1.82, 2.24) is 0 Å². The van der Waals surface area contributed by atoms with Crippen molar-refractivity contribution in [1.29, 1.82) is 0 Å². The molecule has 0 amide bonds. The highest BCUT2D eigenvalue weighted by atomic mass is 16.1. The molecule has 0 radical (unpaired) electrons. The molecule has 86 valence electrons. The molecule has 0 heterocycles. The third-order valence-electron chi connectivity index (χ3n) is 3.47. The second-order valence-corrected chi connectivity index (χ2v) is 5.51. The lowest BCUT2D eigenvalue weighted by Crippen LogP contribution is -2.16. The molecule has 1 heteroatoms. The van der Waals surface area contributed by atoms with Gasteiger partial charge in [-0.05, 0) is 24.3 Å². The molecule has 1 fully saturated rings. The van der Waals surface area contributed by atoms with Crippen LogP contribution >= 0.6 is 0 Å². The molecule has 0 bridgehead atoms. The SMILES string of the molecule is CC1(C)C=CC=C(C2CCCC(=O)C2)C=C1. The Hall–Kier alpha value is -1.11. The molecule has 2 rings (SSSR count). The van der Waals surface area contributed by atoms with Gasteiger partial charge in [-0.1, -0.05) is 44.2 Å². The standard InChI is InChI=1S/C15H20O/c1-15(2)9-4-6-12(8-10-15)13-5-3-7-14(16)11-13/h4,6,8-10,13H,3,5,7,11H2,1-2H3. The second kappa shape index (κ2) is 4.40. The van der Waals surface area contributed by atoms with E-state index in [1.807, 2.05) is 0 Å². The second-order valence-electron chi connectivity index (χ2n) is 5.51. The number of ketones is 1. The van der Waals surface area contributed by atoms with Crippen molar-refractivity contribution in [2.45, 2.75) is 39.5 Å². The number of carbonyl (C=O) groups is 1. The largest absolute Gasteiger partial charge is 0.300 e. The van der Waals surface area contributed by atoms with Crippen molar-refractivity contribution in [3.63, 3.8) is 0 Å². The zero-order chi connectivity index (χ0) is 11.6. The normalized spacial score (nSPS) is 28.8. The first-order valence-corrected chi connectivity index (χ1v) is 6.17. The lowest BCUT2D eigenvalue weighted by molar-refractivity contribution is -0.121. The molecular formula is C15H20O. The third-order valence-corrected chi connectivity index (χ3v) is 3.47. The van der Waals surface area contributed by atoms with Crippen LogP contribution in [0.15, 0.2) is 36.0 Å². The molecule has 2 aliphatic rings. The van der Waals surface area contributed by atoms with Gasteiger partial charge in [0.15, 0.2) is 0 Å². The van der Waals surface area contributed by atoms with Crippen molar-refractivity contribution in [3.05, 3.63) is 36.0 Å². The van der Waals surface area contributed by atoms with E-state index in [0.717, 1.165) is 25.7 Å². The quantitative estimate of drug-likeness (QED) is 0.651. The van der Waals surface area contributed by atoms with E-state index in [0.29, 0.717) is 11.7 Å². The molecule has 0 spiro atoms. The van der Waals surface area contributed by atoms with Gasteiger partial charge in [-0.15, -0.1) is 0 Å². The average Bonchev–Trinajstić information content (AvgIpc) is 2.39. The van der Waals surface area contributed by atoms with Crippen LogP contribution in [-0.4, -0.2) is 5.78 Å². The van der Waals surface area contributed by atoms with Crippen LogP contribution in [0.4, 0.5) is 0 Å². The fraction of sp³-hybridized carbons (Fsp3) is 0.533. The van der Waals surface area contributed by atoms with Gasteiger partial charge >= 0.3 is 0 Å². The van der Waals surface area contributed by atoms with E-state index >= 15 is 0 Å². The van der Waals surface area contributed by atoms with Crippen LogP contribution in [-0.2, 0) is 4.79 Å². The zero-order valence-electron chi connectivity index (χ0n) is 10.2. The van der Waals surface area contributed by atoms with Crippen LogP contribution in [0.1, 0.15) is 39.5 Å². The van der Waals surface area contributed by atoms with Gasteiger partial charge in [-0.2, -0.15) is 0 Å². The van der Waals surface area contributed by atoms with Crippen LogP contribution in [0.5, 0.6) is 0 Å². The number of allylic oxidation sites excluding steroid dienone is 6. The lowest BCUT2D eigenvalue weighted by atomic mass is 9.82. The number of carbonyl (C=O) groups excluding carboxylic acids is 1. The topological polar surface area (TPSA) is 17.1 Å². The Bertz CT molecular complexity index is 369. The summed E-state index contributed by atoms with van der Waals surface area (Å²) in [5, 5.41) is 0. The molecule has 0 aromatic rings. The van der Waals surface area contributed by atoms with Gasteiger partial charge in [0, 0.05) is 18.3 Å². The highest BCUT2D eigenvalue weighted by molar-refractivity contribution is 5.79. The first kappa shape index (κ1) is 11.4. The summed E-state index contributed by atoms with van der Waals surface area (Å²) in [7, 11) is 0. The smallest absolute Gasteiger partial charge is 0.133 e. The lowest BCUT2D eigenvalue weighted by Gasteiger charge is -2.22. The maximum atomic E-state index is 11.5. The monoisotopic (exact) mass is 216 g/mol. The van der Waals surface area contributed by atoms with E-state index in [-0.39, 0.29) is 5.41 Å². The highest BCUT2D eigenvalue weighted by Crippen LogP contribution is 2.31. The molecule has 2 aliphatic carbocycles. The van der Waals surface area contributed by atoms with Crippen molar-refractivity contribution in [2.75, 3.05) is 0 Å². The Kier molecular flexibility index (Phi) is 3.13. The highest BCUT2D eigenvalue weighted by Gasteiger charge is 2.22. The predicted octanol–water partition coefficient (Wildman–Crippen LogP) is 3.82. The van der Waals surface area contributed by atoms with Crippen LogP contribution in [0.25, 0.3) is 0 Å². The summed E-state index contributed by atoms with van der Waals surface area (Å²) >= 11 is 0. The molecule has 1 saturated carbocycles. The summed E-state index contributed by atoms with van der Waals surface area (Å²) in [6.45, 7) is 4.39. The van der Waals surface area contributed by atoms with Crippen molar-refractivity contribution in [2.24, 2.45) is 11.3 Å². The molecule has 0 N–H and O–H groups in total. The van der Waals surface area contributed by atoms with E-state index in [4.69, 9.17) is 0 Å². The Labute approximate surface area is 97.9 Å². The molecule has 1 unspecified atom stereocenters. The summed E-state index contributed by atoms with van der Waals surface area (Å²) < 4.78 is 0.